The number of nitrogens with two attached hydrogens (primary N) is 1. The second-order valence-electron chi connectivity index (χ2n) is 9.76. The number of pyridine rings is 2. The van der Waals surface area contributed by atoms with Gasteiger partial charge in [0.05, 0.1) is 29.4 Å². The van der Waals surface area contributed by atoms with Gasteiger partial charge < -0.3 is 0 Å². The van der Waals surface area contributed by atoms with Crippen molar-refractivity contribution in [1.82, 2.24) is 0 Å². The van der Waals surface area contributed by atoms with E-state index in [1.54, 1.807) is 0 Å². The first-order valence-corrected chi connectivity index (χ1v) is 13.0. The lowest BCUT2D eigenvalue weighted by Crippen LogP contribution is -2.62. The monoisotopic (exact) mass is 495 g/mol. The van der Waals surface area contributed by atoms with Gasteiger partial charge in [0.1, 0.15) is 0 Å². The van der Waals surface area contributed by atoms with Crippen LogP contribution < -0.4 is 15.0 Å². The Morgan fingerprint density at radius 1 is 0.778 bits per heavy atom. The van der Waals surface area contributed by atoms with E-state index in [2.05, 4.69) is 111 Å². The van der Waals surface area contributed by atoms with Gasteiger partial charge in [-0.1, -0.05) is 57.7 Å². The number of quaternary nitrogens is 1. The zero-order valence-corrected chi connectivity index (χ0v) is 20.6. The summed E-state index contributed by atoms with van der Waals surface area (Å²) >= 11 is 1.11. The first kappa shape index (κ1) is 21.9. The Kier molecular flexibility index (Phi) is 5.27. The third-order valence-electron chi connectivity index (χ3n) is 7.85. The summed E-state index contributed by atoms with van der Waals surface area (Å²) in [5.74, 6) is 4.97. The van der Waals surface area contributed by atoms with Crippen molar-refractivity contribution in [2.75, 3.05) is 6.54 Å². The maximum atomic E-state index is 4.97. The van der Waals surface area contributed by atoms with Crippen LogP contribution >= 0.6 is 12.0 Å². The smallest absolute Gasteiger partial charge is 0.187 e. The van der Waals surface area contributed by atoms with Gasteiger partial charge in [-0.15, -0.1) is 9.32 Å². The van der Waals surface area contributed by atoms with Crippen LogP contribution in [-0.2, 0) is 28.8 Å². The maximum Gasteiger partial charge on any atom is 0.484 e. The fourth-order valence-corrected chi connectivity index (χ4v) is 6.59. The van der Waals surface area contributed by atoms with E-state index in [0.29, 0.717) is 0 Å². The number of fused-ring (bicyclic) bond motifs is 9. The molecule has 0 aliphatic carbocycles. The van der Waals surface area contributed by atoms with Gasteiger partial charge in [-0.05, 0) is 40.6 Å². The van der Waals surface area contributed by atoms with Gasteiger partial charge in [-0.25, -0.2) is 0 Å². The molecule has 2 aliphatic rings. The standard InChI is InChI=1S/C29H27N4O2S/c30-34-35-36-24-11-9-21(10-12-24)15-18-33-19-27-25-7-3-1-5-22(25)13-16-31(27)29(33)32-17-14-23-6-2-4-8-26(23)28(32)20-33/h1-14,16-17,29H,15,18-20,30H2/q+3. The molecular weight excluding hydrogens is 468 g/mol. The van der Waals surface area contributed by atoms with Gasteiger partial charge in [-0.3, -0.25) is 0 Å². The topological polar surface area (TPSA) is 52.2 Å². The van der Waals surface area contributed by atoms with Crippen LogP contribution in [0.2, 0.25) is 0 Å². The third kappa shape index (κ3) is 3.43. The number of benzene rings is 3. The fourth-order valence-electron chi connectivity index (χ4n) is 6.23. The van der Waals surface area contributed by atoms with Crippen LogP contribution in [0.15, 0.2) is 102 Å². The second kappa shape index (κ2) is 8.65. The Hall–Kier alpha value is -3.33. The predicted octanol–water partition coefficient (Wildman–Crippen LogP) is 4.49. The Labute approximate surface area is 213 Å². The van der Waals surface area contributed by atoms with E-state index < -0.39 is 0 Å². The number of hydrogen-bond donors (Lipinski definition) is 1. The Morgan fingerprint density at radius 2 is 1.36 bits per heavy atom. The molecule has 0 saturated carbocycles. The van der Waals surface area contributed by atoms with E-state index in [1.807, 2.05) is 0 Å². The largest absolute Gasteiger partial charge is 0.484 e. The van der Waals surface area contributed by atoms with Crippen LogP contribution in [0.5, 0.6) is 0 Å². The van der Waals surface area contributed by atoms with Crippen molar-refractivity contribution in [3.05, 3.63) is 114 Å². The molecule has 7 rings (SSSR count). The first-order chi connectivity index (χ1) is 17.8. The molecule has 0 unspecified atom stereocenters. The highest BCUT2D eigenvalue weighted by atomic mass is 32.2. The van der Waals surface area contributed by atoms with Crippen molar-refractivity contribution < 1.29 is 22.9 Å². The van der Waals surface area contributed by atoms with Gasteiger partial charge >= 0.3 is 6.29 Å². The molecule has 0 fully saturated rings. The Balaban J connectivity index is 1.30. The average molecular weight is 496 g/mol. The number of hydrogen-bond acceptors (Lipinski definition) is 4. The summed E-state index contributed by atoms with van der Waals surface area (Å²) in [6, 6.07) is 30.5. The zero-order valence-electron chi connectivity index (χ0n) is 19.8. The van der Waals surface area contributed by atoms with Crippen LogP contribution in [0.3, 0.4) is 0 Å². The van der Waals surface area contributed by atoms with Crippen molar-refractivity contribution in [2.45, 2.75) is 30.7 Å². The first-order valence-electron chi connectivity index (χ1n) is 12.2. The second-order valence-corrected chi connectivity index (χ2v) is 10.5. The molecule has 6 nitrogen and oxygen atoms in total. The molecule has 0 bridgehead atoms. The predicted molar refractivity (Wildman–Crippen MR) is 138 cm³/mol. The summed E-state index contributed by atoms with van der Waals surface area (Å²) in [6.07, 6.45) is 5.81. The molecule has 0 amide bonds. The molecule has 36 heavy (non-hydrogen) atoms. The molecule has 7 heteroatoms. The number of rotatable bonds is 6. The summed E-state index contributed by atoms with van der Waals surface area (Å²) in [7, 11) is 0. The Morgan fingerprint density at radius 3 is 1.94 bits per heavy atom. The van der Waals surface area contributed by atoms with Gasteiger partial charge in [-0.2, -0.15) is 10.4 Å². The summed E-state index contributed by atoms with van der Waals surface area (Å²) in [5.41, 5.74) is 4.17. The average Bonchev–Trinajstić information content (AvgIpc) is 3.43. The summed E-state index contributed by atoms with van der Waals surface area (Å²) < 4.78 is 10.8. The highest BCUT2D eigenvalue weighted by Crippen LogP contribution is 2.39. The van der Waals surface area contributed by atoms with Crippen molar-refractivity contribution >= 4 is 33.6 Å². The minimum atomic E-state index is 0.217. The van der Waals surface area contributed by atoms with Gasteiger partial charge in [0.2, 0.25) is 0 Å². The highest BCUT2D eigenvalue weighted by molar-refractivity contribution is 7.94. The molecule has 2 aliphatic heterocycles. The minimum absolute atomic E-state index is 0.217. The SMILES string of the molecule is NOOSc1ccc(CC[N+]23Cc4c5ccccc5cc[n+]4C2[n+]2ccc4ccccc4c2C3)cc1. The van der Waals surface area contributed by atoms with Crippen molar-refractivity contribution in [2.24, 2.45) is 5.90 Å². The lowest BCUT2D eigenvalue weighted by molar-refractivity contribution is -1.16. The van der Waals surface area contributed by atoms with E-state index in [4.69, 9.17) is 10.2 Å². The highest BCUT2D eigenvalue weighted by Gasteiger charge is 2.65. The van der Waals surface area contributed by atoms with Gasteiger partial charge in [0, 0.05) is 23.4 Å². The summed E-state index contributed by atoms with van der Waals surface area (Å²) in [6.45, 7) is 3.07. The van der Waals surface area contributed by atoms with Crippen LogP contribution in [0, 0.1) is 0 Å². The van der Waals surface area contributed by atoms with E-state index in [9.17, 15) is 0 Å². The molecule has 0 spiro atoms. The lowest BCUT2D eigenvalue weighted by Gasteiger charge is -2.24. The molecule has 2 N–H and O–H groups in total. The van der Waals surface area contributed by atoms with Crippen molar-refractivity contribution in [3.8, 4) is 0 Å². The molecular formula is C29H27N4O2S+3. The van der Waals surface area contributed by atoms with E-state index in [0.717, 1.165) is 47.5 Å². The van der Waals surface area contributed by atoms with Gasteiger partial charge in [0.15, 0.2) is 25.5 Å². The molecule has 5 aromatic rings. The fraction of sp³-hybridized carbons (Fsp3) is 0.172. The molecule has 3 aromatic carbocycles. The van der Waals surface area contributed by atoms with Gasteiger partial charge in [0.25, 0.3) is 11.4 Å². The zero-order chi connectivity index (χ0) is 24.1. The van der Waals surface area contributed by atoms with E-state index in [-0.39, 0.29) is 6.29 Å². The van der Waals surface area contributed by atoms with Crippen molar-refractivity contribution in [1.29, 1.82) is 0 Å². The molecule has 0 radical (unpaired) electrons. The molecule has 0 saturated heterocycles. The van der Waals surface area contributed by atoms with Crippen LogP contribution in [-0.4, -0.2) is 11.0 Å². The molecule has 178 valence electrons. The van der Waals surface area contributed by atoms with E-state index >= 15 is 0 Å². The molecule has 2 aromatic heterocycles. The summed E-state index contributed by atoms with van der Waals surface area (Å²) in [5, 5.41) is 5.34. The van der Waals surface area contributed by atoms with Crippen LogP contribution in [0.1, 0.15) is 23.2 Å². The normalized spacial score (nSPS) is 20.0. The van der Waals surface area contributed by atoms with Crippen LogP contribution in [0.25, 0.3) is 21.5 Å². The minimum Gasteiger partial charge on any atom is -0.187 e. The number of nitrogens with zero attached hydrogens (tertiary/aromatic N) is 3. The lowest BCUT2D eigenvalue weighted by atomic mass is 10.1. The molecule has 0 atom stereocenters. The number of aromatic nitrogens is 2. The quantitative estimate of drug-likeness (QED) is 0.124. The summed E-state index contributed by atoms with van der Waals surface area (Å²) in [4.78, 5) is 5.17. The molecule has 4 heterocycles. The van der Waals surface area contributed by atoms with Crippen molar-refractivity contribution in [3.63, 3.8) is 0 Å². The third-order valence-corrected chi connectivity index (χ3v) is 8.46. The van der Waals surface area contributed by atoms with E-state index in [1.165, 1.54) is 38.5 Å². The maximum absolute atomic E-state index is 4.97. The van der Waals surface area contributed by atoms with Crippen LogP contribution in [0.4, 0.5) is 0 Å². The Bertz CT molecular complexity index is 1520.